The number of pyridine rings is 2. The third-order valence-electron chi connectivity index (χ3n) is 5.96. The third kappa shape index (κ3) is 6.54. The van der Waals surface area contributed by atoms with E-state index >= 15 is 0 Å². The highest BCUT2D eigenvalue weighted by atomic mass is 16.2. The Morgan fingerprint density at radius 3 is 2.50 bits per heavy atom. The highest BCUT2D eigenvalue weighted by Crippen LogP contribution is 2.40. The topological polar surface area (TPSA) is 75.5 Å². The molecule has 2 aromatic heterocycles. The first kappa shape index (κ1) is 24.7. The zero-order chi connectivity index (χ0) is 24.5. The molecule has 1 aliphatic carbocycles. The van der Waals surface area contributed by atoms with Gasteiger partial charge in [-0.1, -0.05) is 24.8 Å². The Morgan fingerprint density at radius 1 is 1.18 bits per heavy atom. The predicted molar refractivity (Wildman–Crippen MR) is 137 cm³/mol. The number of Topliss-reactive ketones (excluding diaryl/α,β-unsaturated/α-hetero) is 1. The normalized spacial score (nSPS) is 19.2. The van der Waals surface area contributed by atoms with Crippen molar-refractivity contribution in [1.82, 2.24) is 14.9 Å². The van der Waals surface area contributed by atoms with Crippen LogP contribution in [0, 0.1) is 18.8 Å². The van der Waals surface area contributed by atoms with E-state index < -0.39 is 0 Å². The van der Waals surface area contributed by atoms with Crippen molar-refractivity contribution in [2.75, 3.05) is 13.1 Å². The predicted octanol–water partition coefficient (Wildman–Crippen LogP) is 4.71. The fraction of sp³-hybridized carbons (Fsp3) is 0.250. The third-order valence-corrected chi connectivity index (χ3v) is 5.96. The van der Waals surface area contributed by atoms with Crippen LogP contribution in [0.25, 0.3) is 11.6 Å². The summed E-state index contributed by atoms with van der Waals surface area (Å²) in [6.07, 6.45) is 15.2. The van der Waals surface area contributed by atoms with Crippen LogP contribution in [0.1, 0.15) is 30.2 Å². The number of aliphatic imine (C=N–C) groups is 1. The molecule has 2 atom stereocenters. The number of carbonyl (C=O) groups excluding carboxylic acids is 2. The van der Waals surface area contributed by atoms with Crippen LogP contribution in [0.3, 0.4) is 0 Å². The molecule has 34 heavy (non-hydrogen) atoms. The van der Waals surface area contributed by atoms with Gasteiger partial charge in [-0.05, 0) is 79.8 Å². The maximum absolute atomic E-state index is 12.5. The van der Waals surface area contributed by atoms with E-state index in [1.165, 1.54) is 30.3 Å². The number of fused-ring (bicyclic) bond motifs is 1. The Kier molecular flexibility index (Phi) is 8.57. The van der Waals surface area contributed by atoms with Crippen molar-refractivity contribution >= 4 is 30.1 Å². The minimum absolute atomic E-state index is 0.0441. The summed E-state index contributed by atoms with van der Waals surface area (Å²) in [5, 5.41) is 0. The average molecular weight is 455 g/mol. The molecular formula is C28H30N4O2. The smallest absolute Gasteiger partial charge is 0.246 e. The standard InChI is InChI=1S/C21H21N3O.C7H9NO/c1-15-2-3-16(12-23-15)4-5-21(25)24-13-19-10-18(11-20(19)14-24)17-6-8-22-9-7-17;1-4-7(5-8-3)6(2)9/h2-10,12,19-20H,11,13-14H2,1H3;4-5H,1,3H2,2H3/b5-4+;7-5+. The summed E-state index contributed by atoms with van der Waals surface area (Å²) in [6, 6.07) is 8.06. The Morgan fingerprint density at radius 2 is 1.94 bits per heavy atom. The molecule has 0 N–H and O–H groups in total. The molecule has 4 rings (SSSR count). The van der Waals surface area contributed by atoms with Crippen LogP contribution in [0.2, 0.25) is 0 Å². The molecule has 2 aromatic rings. The second kappa shape index (κ2) is 11.8. The number of hydrogen-bond acceptors (Lipinski definition) is 5. The lowest BCUT2D eigenvalue weighted by molar-refractivity contribution is -0.125. The number of amides is 1. The van der Waals surface area contributed by atoms with Gasteiger partial charge in [-0.3, -0.25) is 24.5 Å². The molecule has 0 aromatic carbocycles. The van der Waals surface area contributed by atoms with E-state index in [9.17, 15) is 9.59 Å². The summed E-state index contributed by atoms with van der Waals surface area (Å²) >= 11 is 0. The molecule has 6 heteroatoms. The van der Waals surface area contributed by atoms with Gasteiger partial charge in [0.05, 0.1) is 0 Å². The number of rotatable bonds is 6. The van der Waals surface area contributed by atoms with Crippen molar-refractivity contribution in [3.05, 3.63) is 96.3 Å². The van der Waals surface area contributed by atoms with E-state index in [2.05, 4.69) is 46.5 Å². The first-order chi connectivity index (χ1) is 16.4. The van der Waals surface area contributed by atoms with Gasteiger partial charge < -0.3 is 4.90 Å². The van der Waals surface area contributed by atoms with Crippen molar-refractivity contribution in [1.29, 1.82) is 0 Å². The molecule has 1 fully saturated rings. The molecular weight excluding hydrogens is 424 g/mol. The quantitative estimate of drug-likeness (QED) is 0.360. The van der Waals surface area contributed by atoms with Gasteiger partial charge in [-0.15, -0.1) is 0 Å². The molecule has 1 saturated heterocycles. The van der Waals surface area contributed by atoms with Gasteiger partial charge in [-0.25, -0.2) is 0 Å². The summed E-state index contributed by atoms with van der Waals surface area (Å²) in [5.41, 5.74) is 5.08. The maximum atomic E-state index is 12.5. The number of carbonyl (C=O) groups is 2. The first-order valence-electron chi connectivity index (χ1n) is 11.2. The molecule has 0 bridgehead atoms. The molecule has 1 amide bonds. The summed E-state index contributed by atoms with van der Waals surface area (Å²) in [5.74, 6) is 1.06. The van der Waals surface area contributed by atoms with Gasteiger partial charge in [0.25, 0.3) is 0 Å². The summed E-state index contributed by atoms with van der Waals surface area (Å²) in [7, 11) is 0. The zero-order valence-electron chi connectivity index (χ0n) is 19.7. The molecule has 0 saturated carbocycles. The molecule has 2 aliphatic rings. The number of hydrogen-bond donors (Lipinski definition) is 0. The van der Waals surface area contributed by atoms with E-state index in [0.29, 0.717) is 17.4 Å². The maximum Gasteiger partial charge on any atom is 0.246 e. The second-order valence-corrected chi connectivity index (χ2v) is 8.39. The van der Waals surface area contributed by atoms with Crippen molar-refractivity contribution in [2.24, 2.45) is 16.8 Å². The van der Waals surface area contributed by atoms with E-state index in [0.717, 1.165) is 30.8 Å². The lowest BCUT2D eigenvalue weighted by atomic mass is 9.99. The van der Waals surface area contributed by atoms with Gasteiger partial charge >= 0.3 is 0 Å². The summed E-state index contributed by atoms with van der Waals surface area (Å²) in [6.45, 7) is 11.7. The Bertz CT molecular complexity index is 1130. The largest absolute Gasteiger partial charge is 0.338 e. The first-order valence-corrected chi connectivity index (χ1v) is 11.2. The minimum Gasteiger partial charge on any atom is -0.338 e. The van der Waals surface area contributed by atoms with Crippen LogP contribution in [0.15, 0.2) is 84.4 Å². The van der Waals surface area contributed by atoms with Gasteiger partial charge in [0, 0.05) is 55.2 Å². The molecule has 0 radical (unpaired) electrons. The van der Waals surface area contributed by atoms with E-state index in [1.54, 1.807) is 12.3 Å². The number of aromatic nitrogens is 2. The van der Waals surface area contributed by atoms with Gasteiger partial charge in [0.2, 0.25) is 5.91 Å². The Balaban J connectivity index is 0.000000309. The van der Waals surface area contributed by atoms with Crippen molar-refractivity contribution in [2.45, 2.75) is 20.3 Å². The van der Waals surface area contributed by atoms with Crippen LogP contribution in [-0.4, -0.2) is 46.4 Å². The monoisotopic (exact) mass is 454 g/mol. The van der Waals surface area contributed by atoms with Gasteiger partial charge in [-0.2, -0.15) is 0 Å². The number of ketones is 1. The summed E-state index contributed by atoms with van der Waals surface area (Å²) in [4.78, 5) is 36.7. The minimum atomic E-state index is -0.0441. The molecule has 1 aliphatic heterocycles. The van der Waals surface area contributed by atoms with E-state index in [4.69, 9.17) is 0 Å². The van der Waals surface area contributed by atoms with Gasteiger partial charge in [0.15, 0.2) is 5.78 Å². The fourth-order valence-electron chi connectivity index (χ4n) is 4.11. The Hall–Kier alpha value is -3.93. The molecule has 0 spiro atoms. The highest BCUT2D eigenvalue weighted by molar-refractivity contribution is 5.95. The number of nitrogens with zero attached hydrogens (tertiary/aromatic N) is 4. The van der Waals surface area contributed by atoms with Crippen molar-refractivity contribution in [3.63, 3.8) is 0 Å². The number of allylic oxidation sites excluding steroid dienone is 3. The van der Waals surface area contributed by atoms with Crippen LogP contribution >= 0.6 is 0 Å². The average Bonchev–Trinajstić information content (AvgIpc) is 3.42. The van der Waals surface area contributed by atoms with E-state index in [1.807, 2.05) is 42.4 Å². The highest BCUT2D eigenvalue weighted by Gasteiger charge is 2.37. The lowest BCUT2D eigenvalue weighted by Crippen LogP contribution is -2.27. The fourth-order valence-corrected chi connectivity index (χ4v) is 4.11. The molecule has 3 heterocycles. The number of likely N-dealkylation sites (tertiary alicyclic amines) is 1. The van der Waals surface area contributed by atoms with Crippen molar-refractivity contribution in [3.8, 4) is 0 Å². The number of aryl methyl sites for hydroxylation is 1. The van der Waals surface area contributed by atoms with E-state index in [-0.39, 0.29) is 11.7 Å². The van der Waals surface area contributed by atoms with Gasteiger partial charge in [0.1, 0.15) is 0 Å². The molecule has 2 unspecified atom stereocenters. The lowest BCUT2D eigenvalue weighted by Gasteiger charge is -2.15. The van der Waals surface area contributed by atoms with Crippen LogP contribution in [0.4, 0.5) is 0 Å². The van der Waals surface area contributed by atoms with Crippen LogP contribution in [-0.2, 0) is 9.59 Å². The zero-order valence-corrected chi connectivity index (χ0v) is 19.7. The summed E-state index contributed by atoms with van der Waals surface area (Å²) < 4.78 is 0. The molecule has 6 nitrogen and oxygen atoms in total. The van der Waals surface area contributed by atoms with Crippen LogP contribution in [0.5, 0.6) is 0 Å². The molecule has 174 valence electrons. The van der Waals surface area contributed by atoms with Crippen LogP contribution < -0.4 is 0 Å². The second-order valence-electron chi connectivity index (χ2n) is 8.39. The SMILES string of the molecule is C=C/C(=C\N=C)C(C)=O.Cc1ccc(/C=C/C(=O)N2CC3C=C(c4ccncc4)CC3C2)cn1. The Labute approximate surface area is 201 Å². The van der Waals surface area contributed by atoms with Crippen molar-refractivity contribution < 1.29 is 9.59 Å².